The molecule has 1 aliphatic carbocycles. The zero-order valence-electron chi connectivity index (χ0n) is 5.22. The predicted molar refractivity (Wildman–Crippen MR) is 34.4 cm³/mol. The third-order valence-corrected chi connectivity index (χ3v) is 1.22. The molecule has 0 bridgehead atoms. The Hall–Kier alpha value is -0.890. The van der Waals surface area contributed by atoms with Crippen LogP contribution in [0.4, 0.5) is 0 Å². The summed E-state index contributed by atoms with van der Waals surface area (Å²) in [6, 6.07) is 0. The van der Waals surface area contributed by atoms with E-state index in [9.17, 15) is 5.11 Å². The van der Waals surface area contributed by atoms with E-state index in [1.165, 1.54) is 6.08 Å². The van der Waals surface area contributed by atoms with Crippen LogP contribution in [-0.4, -0.2) is 11.8 Å². The Balaban J connectivity index is 2.82. The van der Waals surface area contributed by atoms with Crippen molar-refractivity contribution in [1.82, 2.24) is 0 Å². The fraction of sp³-hybridized carbons (Fsp3) is 0.286. The van der Waals surface area contributed by atoms with Gasteiger partial charge in [0.05, 0.1) is 0 Å². The topological polar surface area (TPSA) is 46.9 Å². The Bertz CT molecular complexity index is 191. The molecule has 0 aromatic carbocycles. The molecular weight excluding hydrogens is 114 g/mol. The lowest BCUT2D eigenvalue weighted by Crippen LogP contribution is -2.31. The third kappa shape index (κ3) is 1.27. The summed E-state index contributed by atoms with van der Waals surface area (Å²) in [5, 5.41) is 17.8. The molecule has 0 spiro atoms. The molecule has 0 aromatic rings. The highest BCUT2D eigenvalue weighted by Crippen LogP contribution is 2.03. The van der Waals surface area contributed by atoms with Gasteiger partial charge in [-0.25, -0.2) is 0 Å². The molecule has 0 aliphatic heterocycles. The van der Waals surface area contributed by atoms with Crippen molar-refractivity contribution in [3.63, 3.8) is 0 Å². The van der Waals surface area contributed by atoms with Crippen LogP contribution < -0.4 is 5.11 Å². The molecule has 1 unspecified atom stereocenters. The molecule has 1 atom stereocenters. The minimum atomic E-state index is -0.936. The zero-order valence-corrected chi connectivity index (χ0v) is 5.22. The molecule has 48 valence electrons. The molecule has 0 saturated heterocycles. The summed E-state index contributed by atoms with van der Waals surface area (Å²) in [6.45, 7) is 1.87. The van der Waals surface area contributed by atoms with Crippen LogP contribution in [0.3, 0.4) is 0 Å². The summed E-state index contributed by atoms with van der Waals surface area (Å²) in [5.74, 6) is 0. The second kappa shape index (κ2) is 2.15. The Kier molecular flexibility index (Phi) is 1.49. The van der Waals surface area contributed by atoms with E-state index in [1.54, 1.807) is 12.2 Å². The molecule has 2 nitrogen and oxygen atoms in total. The average Bonchev–Trinajstić information content (AvgIpc) is 1.80. The molecule has 0 heterocycles. The van der Waals surface area contributed by atoms with Gasteiger partial charge in [0.1, 0.15) is 0 Å². The maximum absolute atomic E-state index is 10.7. The highest BCUT2D eigenvalue weighted by molar-refractivity contribution is 5.98. The van der Waals surface area contributed by atoms with E-state index in [-0.39, 0.29) is 5.71 Å². The molecule has 0 saturated carbocycles. The van der Waals surface area contributed by atoms with Gasteiger partial charge >= 0.3 is 0 Å². The Labute approximate surface area is 54.0 Å². The molecule has 0 radical (unpaired) electrons. The van der Waals surface area contributed by atoms with E-state index in [2.05, 4.69) is 0 Å². The fourth-order valence-electron chi connectivity index (χ4n) is 0.718. The lowest BCUT2D eigenvalue weighted by Gasteiger charge is -2.19. The van der Waals surface area contributed by atoms with Gasteiger partial charge in [-0.2, -0.15) is 0 Å². The maximum Gasteiger partial charge on any atom is 0.0219 e. The highest BCUT2D eigenvalue weighted by atomic mass is 16.3. The van der Waals surface area contributed by atoms with Crippen LogP contribution in [0.5, 0.6) is 0 Å². The van der Waals surface area contributed by atoms with Crippen LogP contribution in [0.1, 0.15) is 6.92 Å². The predicted octanol–water partition coefficient (Wildman–Crippen LogP) is 0.251. The van der Waals surface area contributed by atoms with Gasteiger partial charge < -0.3 is 10.5 Å². The first kappa shape index (κ1) is 6.23. The van der Waals surface area contributed by atoms with Crippen molar-refractivity contribution in [2.75, 3.05) is 0 Å². The molecule has 9 heavy (non-hydrogen) atoms. The second-order valence-electron chi connectivity index (χ2n) is 2.12. The first-order valence-corrected chi connectivity index (χ1v) is 2.81. The zero-order chi connectivity index (χ0) is 6.85. The lowest BCUT2D eigenvalue weighted by atomic mass is 10.1. The molecule has 2 heteroatoms. The Morgan fingerprint density at radius 3 is 2.78 bits per heavy atom. The fourth-order valence-corrected chi connectivity index (χ4v) is 0.718. The number of allylic oxidation sites excluding steroid dienone is 2. The van der Waals surface area contributed by atoms with Crippen LogP contribution in [0.15, 0.2) is 23.8 Å². The van der Waals surface area contributed by atoms with Crippen molar-refractivity contribution in [1.29, 1.82) is 5.41 Å². The summed E-state index contributed by atoms with van der Waals surface area (Å²) >= 11 is 0. The Morgan fingerprint density at radius 2 is 2.33 bits per heavy atom. The van der Waals surface area contributed by atoms with E-state index >= 15 is 0 Å². The van der Waals surface area contributed by atoms with Crippen LogP contribution in [0, 0.1) is 5.41 Å². The first-order valence-electron chi connectivity index (χ1n) is 2.81. The van der Waals surface area contributed by atoms with Crippen LogP contribution in [0.25, 0.3) is 0 Å². The number of hydrogen-bond donors (Lipinski definition) is 1. The van der Waals surface area contributed by atoms with E-state index in [1.807, 2.05) is 6.92 Å². The molecular formula is C7H8NO-. The smallest absolute Gasteiger partial charge is 0.0219 e. The van der Waals surface area contributed by atoms with Gasteiger partial charge in [0.25, 0.3) is 0 Å². The van der Waals surface area contributed by atoms with Crippen molar-refractivity contribution in [2.24, 2.45) is 0 Å². The van der Waals surface area contributed by atoms with Crippen molar-refractivity contribution in [3.8, 4) is 0 Å². The summed E-state index contributed by atoms with van der Waals surface area (Å²) < 4.78 is 0. The monoisotopic (exact) mass is 122 g/mol. The summed E-state index contributed by atoms with van der Waals surface area (Å²) in [6.07, 6.45) is 3.90. The second-order valence-corrected chi connectivity index (χ2v) is 2.12. The minimum absolute atomic E-state index is 0.162. The van der Waals surface area contributed by atoms with E-state index < -0.39 is 6.10 Å². The SMILES string of the molecule is CC1=CC(=N)C([O-])C=C1. The van der Waals surface area contributed by atoms with E-state index in [4.69, 9.17) is 5.41 Å². The molecule has 0 amide bonds. The quantitative estimate of drug-likeness (QED) is 0.492. The van der Waals surface area contributed by atoms with E-state index in [0.717, 1.165) is 5.57 Å². The van der Waals surface area contributed by atoms with Gasteiger partial charge in [-0.15, -0.1) is 0 Å². The molecule has 1 aliphatic rings. The van der Waals surface area contributed by atoms with Gasteiger partial charge in [-0.05, 0) is 18.6 Å². The first-order chi connectivity index (χ1) is 4.20. The van der Waals surface area contributed by atoms with Gasteiger partial charge in [-0.3, -0.25) is 0 Å². The largest absolute Gasteiger partial charge is 0.844 e. The van der Waals surface area contributed by atoms with Crippen LogP contribution >= 0.6 is 0 Å². The molecule has 0 fully saturated rings. The number of hydrogen-bond acceptors (Lipinski definition) is 2. The van der Waals surface area contributed by atoms with Crippen molar-refractivity contribution < 1.29 is 5.11 Å². The summed E-state index contributed by atoms with van der Waals surface area (Å²) in [4.78, 5) is 0. The lowest BCUT2D eigenvalue weighted by molar-refractivity contribution is -0.379. The van der Waals surface area contributed by atoms with Gasteiger partial charge in [0.2, 0.25) is 0 Å². The van der Waals surface area contributed by atoms with E-state index in [0.29, 0.717) is 0 Å². The van der Waals surface area contributed by atoms with Crippen molar-refractivity contribution in [2.45, 2.75) is 13.0 Å². The summed E-state index contributed by atoms with van der Waals surface area (Å²) in [5.41, 5.74) is 1.14. The van der Waals surface area contributed by atoms with Crippen molar-refractivity contribution >= 4 is 5.71 Å². The van der Waals surface area contributed by atoms with Gasteiger partial charge in [0, 0.05) is 5.71 Å². The van der Waals surface area contributed by atoms with Gasteiger partial charge in [0.15, 0.2) is 0 Å². The average molecular weight is 122 g/mol. The number of nitrogens with one attached hydrogen (secondary N) is 1. The minimum Gasteiger partial charge on any atom is -0.844 e. The summed E-state index contributed by atoms with van der Waals surface area (Å²) in [7, 11) is 0. The third-order valence-electron chi connectivity index (χ3n) is 1.22. The standard InChI is InChI=1S/C7H8NO/c1-5-2-3-7(9)6(8)4-5/h2-4,7-8H,1H3/q-1. The molecule has 1 N–H and O–H groups in total. The van der Waals surface area contributed by atoms with Gasteiger partial charge in [-0.1, -0.05) is 18.3 Å². The van der Waals surface area contributed by atoms with Crippen LogP contribution in [-0.2, 0) is 0 Å². The Morgan fingerprint density at radius 1 is 1.67 bits per heavy atom. The highest BCUT2D eigenvalue weighted by Gasteiger charge is 1.99. The maximum atomic E-state index is 10.7. The van der Waals surface area contributed by atoms with Crippen molar-refractivity contribution in [3.05, 3.63) is 23.8 Å². The molecule has 0 aromatic heterocycles. The van der Waals surface area contributed by atoms with Crippen LogP contribution in [0.2, 0.25) is 0 Å². The number of rotatable bonds is 0. The molecule has 1 rings (SSSR count). The normalized spacial score (nSPS) is 26.2.